The largest absolute Gasteiger partial charge is 0.494 e. The lowest BCUT2D eigenvalue weighted by molar-refractivity contribution is 0.0761. The molecule has 7 heteroatoms. The number of benzene rings is 1. The van der Waals surface area contributed by atoms with Crippen molar-refractivity contribution in [2.45, 2.75) is 46.0 Å². The molecule has 1 atom stereocenters. The summed E-state index contributed by atoms with van der Waals surface area (Å²) in [5.74, 6) is 0.855. The third kappa shape index (κ3) is 3.28. The number of rotatable bonds is 6. The van der Waals surface area contributed by atoms with E-state index in [2.05, 4.69) is 23.9 Å². The van der Waals surface area contributed by atoms with Gasteiger partial charge in [0, 0.05) is 18.5 Å². The Morgan fingerprint density at radius 3 is 2.90 bits per heavy atom. The standard InChI is InChI=1S/C22H29N5O2/c1-4-6-10-22(5-2)11-12-26(14-22)20(28)16-13-17-15-8-7-9-18(29-3)19(15)24-21(23)27(17)25-16/h7-9,13H,4-6,10-12,14H2,1-3H3,(H2,23,24). The molecule has 1 saturated heterocycles. The van der Waals surface area contributed by atoms with E-state index < -0.39 is 0 Å². The molecule has 1 fully saturated rings. The number of methoxy groups -OCH3 is 1. The number of aromatic nitrogens is 3. The van der Waals surface area contributed by atoms with E-state index in [4.69, 9.17) is 10.5 Å². The van der Waals surface area contributed by atoms with Crippen LogP contribution in [0.4, 0.5) is 5.95 Å². The molecular weight excluding hydrogens is 366 g/mol. The van der Waals surface area contributed by atoms with Crippen LogP contribution in [0, 0.1) is 5.41 Å². The molecule has 3 aromatic rings. The molecule has 1 aromatic carbocycles. The molecule has 0 radical (unpaired) electrons. The Kier molecular flexibility index (Phi) is 5.06. The maximum atomic E-state index is 13.2. The van der Waals surface area contributed by atoms with E-state index in [1.54, 1.807) is 11.6 Å². The van der Waals surface area contributed by atoms with Crippen LogP contribution >= 0.6 is 0 Å². The smallest absolute Gasteiger partial charge is 0.274 e. The van der Waals surface area contributed by atoms with Gasteiger partial charge in [-0.25, -0.2) is 4.98 Å². The second-order valence-corrected chi connectivity index (χ2v) is 8.09. The van der Waals surface area contributed by atoms with Crippen molar-refractivity contribution in [3.8, 4) is 5.75 Å². The Labute approximate surface area is 170 Å². The summed E-state index contributed by atoms with van der Waals surface area (Å²) in [5, 5.41) is 5.35. The molecule has 0 bridgehead atoms. The van der Waals surface area contributed by atoms with Crippen LogP contribution in [0.5, 0.6) is 5.75 Å². The average Bonchev–Trinajstić information content (AvgIpc) is 3.38. The van der Waals surface area contributed by atoms with Gasteiger partial charge in [0.2, 0.25) is 5.95 Å². The van der Waals surface area contributed by atoms with Gasteiger partial charge in [-0.2, -0.15) is 9.61 Å². The van der Waals surface area contributed by atoms with E-state index in [1.165, 1.54) is 19.3 Å². The third-order valence-corrected chi connectivity index (χ3v) is 6.40. The van der Waals surface area contributed by atoms with Crippen molar-refractivity contribution in [1.82, 2.24) is 19.5 Å². The fraction of sp³-hybridized carbons (Fsp3) is 0.500. The van der Waals surface area contributed by atoms with E-state index in [1.807, 2.05) is 29.2 Å². The van der Waals surface area contributed by atoms with Crippen LogP contribution in [-0.4, -0.2) is 45.6 Å². The summed E-state index contributed by atoms with van der Waals surface area (Å²) in [7, 11) is 1.61. The number of carbonyl (C=O) groups excluding carboxylic acids is 1. The summed E-state index contributed by atoms with van der Waals surface area (Å²) < 4.78 is 6.96. The number of ether oxygens (including phenoxy) is 1. The van der Waals surface area contributed by atoms with Crippen LogP contribution in [0.3, 0.4) is 0 Å². The van der Waals surface area contributed by atoms with Crippen molar-refractivity contribution < 1.29 is 9.53 Å². The van der Waals surface area contributed by atoms with Crippen molar-refractivity contribution in [3.63, 3.8) is 0 Å². The Morgan fingerprint density at radius 1 is 1.34 bits per heavy atom. The Morgan fingerprint density at radius 2 is 2.17 bits per heavy atom. The van der Waals surface area contributed by atoms with Gasteiger partial charge in [-0.05, 0) is 36.8 Å². The minimum absolute atomic E-state index is 0.0315. The summed E-state index contributed by atoms with van der Waals surface area (Å²) in [5.41, 5.74) is 8.23. The van der Waals surface area contributed by atoms with Crippen LogP contribution in [0.2, 0.25) is 0 Å². The molecular formula is C22H29N5O2. The van der Waals surface area contributed by atoms with Gasteiger partial charge in [0.25, 0.3) is 5.91 Å². The van der Waals surface area contributed by atoms with Gasteiger partial charge in [0.1, 0.15) is 11.3 Å². The van der Waals surface area contributed by atoms with E-state index in [0.717, 1.165) is 36.8 Å². The molecule has 2 N–H and O–H groups in total. The predicted molar refractivity (Wildman–Crippen MR) is 114 cm³/mol. The fourth-order valence-electron chi connectivity index (χ4n) is 4.51. The van der Waals surface area contributed by atoms with Crippen molar-refractivity contribution in [1.29, 1.82) is 0 Å². The molecule has 1 aliphatic heterocycles. The highest BCUT2D eigenvalue weighted by Gasteiger charge is 2.38. The van der Waals surface area contributed by atoms with Gasteiger partial charge in [-0.3, -0.25) is 4.79 Å². The predicted octanol–water partition coefficient (Wildman–Crippen LogP) is 3.91. The second kappa shape index (κ2) is 7.54. The first-order chi connectivity index (χ1) is 14.0. The number of nitrogen functional groups attached to an aromatic ring is 1. The molecule has 29 heavy (non-hydrogen) atoms. The van der Waals surface area contributed by atoms with Gasteiger partial charge >= 0.3 is 0 Å². The molecule has 1 unspecified atom stereocenters. The molecule has 7 nitrogen and oxygen atoms in total. The SMILES string of the molecule is CCCCC1(CC)CCN(C(=O)c2cc3c4cccc(OC)c4nc(N)n3n2)C1. The van der Waals surface area contributed by atoms with E-state index in [9.17, 15) is 4.79 Å². The normalized spacial score (nSPS) is 19.3. The lowest BCUT2D eigenvalue weighted by atomic mass is 9.79. The number of anilines is 1. The zero-order chi connectivity index (χ0) is 20.6. The van der Waals surface area contributed by atoms with Gasteiger partial charge < -0.3 is 15.4 Å². The topological polar surface area (TPSA) is 85.8 Å². The number of amides is 1. The van der Waals surface area contributed by atoms with Gasteiger partial charge in [-0.15, -0.1) is 0 Å². The number of nitrogens with zero attached hydrogens (tertiary/aromatic N) is 4. The van der Waals surface area contributed by atoms with Crippen LogP contribution in [0.1, 0.15) is 56.4 Å². The molecule has 1 amide bonds. The number of unbranched alkanes of at least 4 members (excludes halogenated alkanes) is 1. The lowest BCUT2D eigenvalue weighted by Gasteiger charge is -2.27. The zero-order valence-corrected chi connectivity index (χ0v) is 17.4. The summed E-state index contributed by atoms with van der Waals surface area (Å²) in [6.07, 6.45) is 5.73. The minimum atomic E-state index is -0.0315. The summed E-state index contributed by atoms with van der Waals surface area (Å²) in [6, 6.07) is 7.51. The first kappa shape index (κ1) is 19.5. The summed E-state index contributed by atoms with van der Waals surface area (Å²) >= 11 is 0. The van der Waals surface area contributed by atoms with E-state index >= 15 is 0 Å². The number of fused-ring (bicyclic) bond motifs is 3. The number of nitrogens with two attached hydrogens (primary N) is 1. The van der Waals surface area contributed by atoms with Crippen molar-refractivity contribution in [3.05, 3.63) is 30.0 Å². The molecule has 0 spiro atoms. The van der Waals surface area contributed by atoms with Gasteiger partial charge in [0.15, 0.2) is 5.69 Å². The Hall–Kier alpha value is -2.83. The number of carbonyl (C=O) groups is 1. The minimum Gasteiger partial charge on any atom is -0.494 e. The highest BCUT2D eigenvalue weighted by molar-refractivity contribution is 6.01. The number of hydrogen-bond acceptors (Lipinski definition) is 5. The molecule has 4 rings (SSSR count). The van der Waals surface area contributed by atoms with E-state index in [-0.39, 0.29) is 17.3 Å². The molecule has 154 valence electrons. The highest BCUT2D eigenvalue weighted by atomic mass is 16.5. The van der Waals surface area contributed by atoms with Crippen LogP contribution < -0.4 is 10.5 Å². The van der Waals surface area contributed by atoms with Crippen LogP contribution in [-0.2, 0) is 0 Å². The van der Waals surface area contributed by atoms with Crippen LogP contribution in [0.25, 0.3) is 16.4 Å². The maximum Gasteiger partial charge on any atom is 0.274 e. The Bertz CT molecular complexity index is 1060. The van der Waals surface area contributed by atoms with Crippen molar-refractivity contribution >= 4 is 28.3 Å². The lowest BCUT2D eigenvalue weighted by Crippen LogP contribution is -2.32. The number of hydrogen-bond donors (Lipinski definition) is 1. The molecule has 0 saturated carbocycles. The van der Waals surface area contributed by atoms with Gasteiger partial charge in [0.05, 0.1) is 12.6 Å². The average molecular weight is 396 g/mol. The van der Waals surface area contributed by atoms with Gasteiger partial charge in [-0.1, -0.05) is 38.8 Å². The van der Waals surface area contributed by atoms with Crippen molar-refractivity contribution in [2.24, 2.45) is 5.41 Å². The first-order valence-corrected chi connectivity index (χ1v) is 10.4. The third-order valence-electron chi connectivity index (χ3n) is 6.40. The number of likely N-dealkylation sites (tertiary alicyclic amines) is 1. The zero-order valence-electron chi connectivity index (χ0n) is 17.4. The Balaban J connectivity index is 1.69. The maximum absolute atomic E-state index is 13.2. The molecule has 1 aliphatic rings. The second-order valence-electron chi connectivity index (χ2n) is 8.09. The fourth-order valence-corrected chi connectivity index (χ4v) is 4.51. The summed E-state index contributed by atoms with van der Waals surface area (Å²) in [4.78, 5) is 19.6. The first-order valence-electron chi connectivity index (χ1n) is 10.4. The quantitative estimate of drug-likeness (QED) is 0.684. The van der Waals surface area contributed by atoms with Crippen molar-refractivity contribution in [2.75, 3.05) is 25.9 Å². The van der Waals surface area contributed by atoms with E-state index in [0.29, 0.717) is 17.0 Å². The summed E-state index contributed by atoms with van der Waals surface area (Å²) in [6.45, 7) is 6.04. The number of para-hydroxylation sites is 1. The molecule has 2 aromatic heterocycles. The molecule has 0 aliphatic carbocycles. The highest BCUT2D eigenvalue weighted by Crippen LogP contribution is 2.39. The van der Waals surface area contributed by atoms with Crippen LogP contribution in [0.15, 0.2) is 24.3 Å². The molecule has 3 heterocycles. The monoisotopic (exact) mass is 395 g/mol.